The summed E-state index contributed by atoms with van der Waals surface area (Å²) in [5.74, 6) is 0.00250. The number of H-pyrrole nitrogens is 1. The van der Waals surface area contributed by atoms with Gasteiger partial charge in [0.05, 0.1) is 0 Å². The number of amides is 1. The molecule has 23 heavy (non-hydrogen) atoms. The number of likely N-dealkylation sites (tertiary alicyclic amines) is 1. The molecule has 1 aliphatic heterocycles. The van der Waals surface area contributed by atoms with Crippen LogP contribution in [0.1, 0.15) is 17.9 Å². The fourth-order valence-corrected chi connectivity index (χ4v) is 3.15. The second-order valence-electron chi connectivity index (χ2n) is 5.58. The van der Waals surface area contributed by atoms with Crippen LogP contribution in [-0.4, -0.2) is 33.7 Å². The van der Waals surface area contributed by atoms with Crippen LogP contribution in [0.25, 0.3) is 0 Å². The summed E-state index contributed by atoms with van der Waals surface area (Å²) in [4.78, 5) is 37.0. The van der Waals surface area contributed by atoms with Crippen molar-refractivity contribution in [2.45, 2.75) is 18.9 Å². The third-order valence-electron chi connectivity index (χ3n) is 4.07. The topological polar surface area (TPSA) is 75.2 Å². The van der Waals surface area contributed by atoms with E-state index in [1.807, 2.05) is 24.3 Å². The van der Waals surface area contributed by atoms with Gasteiger partial charge < -0.3 is 4.90 Å². The number of nitrogens with one attached hydrogen (secondary N) is 1. The Kier molecular flexibility index (Phi) is 4.34. The molecule has 7 heteroatoms. The van der Waals surface area contributed by atoms with Crippen molar-refractivity contribution >= 4 is 17.5 Å². The molecule has 0 spiro atoms. The zero-order chi connectivity index (χ0) is 16.4. The van der Waals surface area contributed by atoms with Crippen molar-refractivity contribution in [2.75, 3.05) is 13.1 Å². The van der Waals surface area contributed by atoms with Crippen molar-refractivity contribution in [1.82, 2.24) is 14.7 Å². The minimum absolute atomic E-state index is 0.163. The highest BCUT2D eigenvalue weighted by Crippen LogP contribution is 2.31. The lowest BCUT2D eigenvalue weighted by Crippen LogP contribution is -2.37. The van der Waals surface area contributed by atoms with Crippen molar-refractivity contribution < 1.29 is 4.79 Å². The SMILES string of the molecule is O=C(Cn1[nH]c(=O)ccc1=O)N1CCC(c2ccccc2Cl)C1. The molecule has 1 amide bonds. The summed E-state index contributed by atoms with van der Waals surface area (Å²) in [6, 6.07) is 9.92. The Balaban J connectivity index is 1.70. The van der Waals surface area contributed by atoms with E-state index in [9.17, 15) is 14.4 Å². The van der Waals surface area contributed by atoms with Gasteiger partial charge in [-0.15, -0.1) is 0 Å². The first-order chi connectivity index (χ1) is 11.0. The van der Waals surface area contributed by atoms with Gasteiger partial charge in [-0.05, 0) is 18.1 Å². The average molecular weight is 334 g/mol. The van der Waals surface area contributed by atoms with Crippen LogP contribution in [0.2, 0.25) is 5.02 Å². The van der Waals surface area contributed by atoms with Gasteiger partial charge in [-0.1, -0.05) is 29.8 Å². The number of nitrogens with zero attached hydrogens (tertiary/aromatic N) is 2. The Morgan fingerprint density at radius 2 is 2.00 bits per heavy atom. The van der Waals surface area contributed by atoms with E-state index in [4.69, 9.17) is 11.6 Å². The van der Waals surface area contributed by atoms with Crippen LogP contribution in [0.15, 0.2) is 46.0 Å². The molecule has 6 nitrogen and oxygen atoms in total. The molecular formula is C16H16ClN3O3. The highest BCUT2D eigenvalue weighted by Gasteiger charge is 2.28. The Bertz CT molecular complexity index is 843. The molecule has 0 saturated carbocycles. The fourth-order valence-electron chi connectivity index (χ4n) is 2.86. The third kappa shape index (κ3) is 3.37. The molecule has 0 aliphatic carbocycles. The summed E-state index contributed by atoms with van der Waals surface area (Å²) in [7, 11) is 0. The van der Waals surface area contributed by atoms with Gasteiger partial charge in [0.15, 0.2) is 0 Å². The van der Waals surface area contributed by atoms with Gasteiger partial charge in [0, 0.05) is 36.2 Å². The Morgan fingerprint density at radius 3 is 2.78 bits per heavy atom. The molecule has 1 saturated heterocycles. The van der Waals surface area contributed by atoms with E-state index in [0.717, 1.165) is 28.8 Å². The van der Waals surface area contributed by atoms with Crippen LogP contribution in [0.4, 0.5) is 0 Å². The van der Waals surface area contributed by atoms with Gasteiger partial charge in [-0.2, -0.15) is 0 Å². The molecule has 2 aromatic rings. The Hall–Kier alpha value is -2.34. The molecule has 1 aromatic carbocycles. The second-order valence-corrected chi connectivity index (χ2v) is 5.99. The van der Waals surface area contributed by atoms with E-state index in [-0.39, 0.29) is 18.4 Å². The number of aromatic amines is 1. The zero-order valence-corrected chi connectivity index (χ0v) is 13.1. The molecule has 1 aliphatic rings. The number of hydrogen-bond donors (Lipinski definition) is 1. The van der Waals surface area contributed by atoms with Gasteiger partial charge in [0.25, 0.3) is 11.1 Å². The summed E-state index contributed by atoms with van der Waals surface area (Å²) in [5.41, 5.74) is 0.224. The predicted octanol–water partition coefficient (Wildman–Crippen LogP) is 1.21. The van der Waals surface area contributed by atoms with Gasteiger partial charge in [-0.3, -0.25) is 19.5 Å². The van der Waals surface area contributed by atoms with Gasteiger partial charge in [0.2, 0.25) is 5.91 Å². The minimum Gasteiger partial charge on any atom is -0.340 e. The lowest BCUT2D eigenvalue weighted by atomic mass is 9.98. The molecule has 1 atom stereocenters. The van der Waals surface area contributed by atoms with Crippen molar-refractivity contribution in [3.63, 3.8) is 0 Å². The first-order valence-electron chi connectivity index (χ1n) is 7.37. The molecule has 2 heterocycles. The Labute approximate surface area is 137 Å². The third-order valence-corrected chi connectivity index (χ3v) is 4.41. The van der Waals surface area contributed by atoms with E-state index in [1.54, 1.807) is 4.90 Å². The molecule has 1 fully saturated rings. The second kappa shape index (κ2) is 6.42. The number of carbonyl (C=O) groups excluding carboxylic acids is 1. The smallest absolute Gasteiger partial charge is 0.265 e. The maximum absolute atomic E-state index is 12.4. The number of benzene rings is 1. The van der Waals surface area contributed by atoms with Crippen LogP contribution < -0.4 is 11.1 Å². The van der Waals surface area contributed by atoms with Gasteiger partial charge in [-0.25, -0.2) is 4.68 Å². The summed E-state index contributed by atoms with van der Waals surface area (Å²) in [6.45, 7) is 1.01. The zero-order valence-electron chi connectivity index (χ0n) is 12.4. The number of aromatic nitrogens is 2. The van der Waals surface area contributed by atoms with Crippen LogP contribution in [0.3, 0.4) is 0 Å². The summed E-state index contributed by atoms with van der Waals surface area (Å²) >= 11 is 6.21. The lowest BCUT2D eigenvalue weighted by Gasteiger charge is -2.17. The summed E-state index contributed by atoms with van der Waals surface area (Å²) in [5, 5.41) is 3.07. The van der Waals surface area contributed by atoms with E-state index in [1.165, 1.54) is 0 Å². The molecule has 120 valence electrons. The molecule has 0 bridgehead atoms. The Morgan fingerprint density at radius 1 is 1.22 bits per heavy atom. The van der Waals surface area contributed by atoms with Crippen molar-refractivity contribution in [3.8, 4) is 0 Å². The van der Waals surface area contributed by atoms with E-state index < -0.39 is 11.1 Å². The standard InChI is InChI=1S/C16H16ClN3O3/c17-13-4-2-1-3-12(13)11-7-8-19(9-11)16(23)10-20-15(22)6-5-14(21)18-20/h1-6,11H,7-10H2,(H,18,21). The van der Waals surface area contributed by atoms with Crippen molar-refractivity contribution in [3.05, 3.63) is 67.7 Å². The average Bonchev–Trinajstić information content (AvgIpc) is 3.01. The van der Waals surface area contributed by atoms with Crippen molar-refractivity contribution in [2.24, 2.45) is 0 Å². The quantitative estimate of drug-likeness (QED) is 0.917. The molecule has 1 unspecified atom stereocenters. The van der Waals surface area contributed by atoms with Gasteiger partial charge >= 0.3 is 0 Å². The van der Waals surface area contributed by atoms with Gasteiger partial charge in [0.1, 0.15) is 6.54 Å². The lowest BCUT2D eigenvalue weighted by molar-refractivity contribution is -0.131. The highest BCUT2D eigenvalue weighted by molar-refractivity contribution is 6.31. The minimum atomic E-state index is -0.409. The van der Waals surface area contributed by atoms with E-state index in [0.29, 0.717) is 18.1 Å². The molecular weight excluding hydrogens is 318 g/mol. The van der Waals surface area contributed by atoms with E-state index in [2.05, 4.69) is 5.10 Å². The monoisotopic (exact) mass is 333 g/mol. The van der Waals surface area contributed by atoms with Crippen LogP contribution in [0.5, 0.6) is 0 Å². The largest absolute Gasteiger partial charge is 0.340 e. The summed E-state index contributed by atoms with van der Waals surface area (Å²) < 4.78 is 1.04. The first-order valence-corrected chi connectivity index (χ1v) is 7.75. The van der Waals surface area contributed by atoms with Crippen LogP contribution in [0, 0.1) is 0 Å². The highest BCUT2D eigenvalue weighted by atomic mass is 35.5. The maximum Gasteiger partial charge on any atom is 0.265 e. The number of halogens is 1. The van der Waals surface area contributed by atoms with Crippen LogP contribution in [-0.2, 0) is 11.3 Å². The van der Waals surface area contributed by atoms with Crippen LogP contribution >= 0.6 is 11.6 Å². The molecule has 1 aromatic heterocycles. The maximum atomic E-state index is 12.4. The number of hydrogen-bond acceptors (Lipinski definition) is 3. The molecule has 3 rings (SSSR count). The van der Waals surface area contributed by atoms with E-state index >= 15 is 0 Å². The summed E-state index contributed by atoms with van der Waals surface area (Å²) in [6.07, 6.45) is 0.829. The number of carbonyl (C=O) groups is 1. The normalized spacial score (nSPS) is 17.4. The molecule has 0 radical (unpaired) electrons. The molecule has 1 N–H and O–H groups in total. The predicted molar refractivity (Wildman–Crippen MR) is 86.7 cm³/mol. The first kappa shape index (κ1) is 15.6. The number of rotatable bonds is 3. The fraction of sp³-hybridized carbons (Fsp3) is 0.312. The van der Waals surface area contributed by atoms with Crippen molar-refractivity contribution in [1.29, 1.82) is 0 Å².